The summed E-state index contributed by atoms with van der Waals surface area (Å²) in [5.74, 6) is 0.000217. The number of aryl methyl sites for hydroxylation is 1. The van der Waals surface area contributed by atoms with Gasteiger partial charge in [-0.1, -0.05) is 36.4 Å². The number of fused-ring (bicyclic) bond motifs is 1. The molecule has 0 saturated carbocycles. The van der Waals surface area contributed by atoms with E-state index in [2.05, 4.69) is 4.98 Å². The molecule has 3 aromatic rings. The molecule has 0 amide bonds. The molecule has 0 atom stereocenters. The van der Waals surface area contributed by atoms with Gasteiger partial charge in [-0.3, -0.25) is 4.79 Å². The van der Waals surface area contributed by atoms with Gasteiger partial charge in [0.05, 0.1) is 5.69 Å². The van der Waals surface area contributed by atoms with Crippen LogP contribution in [0, 0.1) is 6.92 Å². The third-order valence-corrected chi connectivity index (χ3v) is 3.03. The van der Waals surface area contributed by atoms with E-state index in [0.29, 0.717) is 11.3 Å². The summed E-state index contributed by atoms with van der Waals surface area (Å²) in [6.45, 7) is 1.70. The Morgan fingerprint density at radius 3 is 2.58 bits per heavy atom. The molecule has 4 heteroatoms. The van der Waals surface area contributed by atoms with E-state index in [4.69, 9.17) is 10.2 Å². The Morgan fingerprint density at radius 1 is 1.16 bits per heavy atom. The van der Waals surface area contributed by atoms with E-state index in [1.165, 1.54) is 0 Å². The molecule has 1 aromatic heterocycles. The number of rotatable bonds is 2. The highest BCUT2D eigenvalue weighted by Crippen LogP contribution is 2.20. The van der Waals surface area contributed by atoms with Crippen LogP contribution >= 0.6 is 0 Å². The summed E-state index contributed by atoms with van der Waals surface area (Å²) in [4.78, 5) is 16.2. The van der Waals surface area contributed by atoms with Gasteiger partial charge >= 0.3 is 0 Å². The first kappa shape index (κ1) is 11.5. The van der Waals surface area contributed by atoms with Crippen LogP contribution in [-0.2, 0) is 0 Å². The predicted molar refractivity (Wildman–Crippen MR) is 73.0 cm³/mol. The third-order valence-electron chi connectivity index (χ3n) is 3.03. The van der Waals surface area contributed by atoms with E-state index < -0.39 is 0 Å². The Labute approximate surface area is 109 Å². The largest absolute Gasteiger partial charge is 0.420 e. The van der Waals surface area contributed by atoms with Crippen molar-refractivity contribution in [2.45, 2.75) is 6.92 Å². The van der Waals surface area contributed by atoms with Gasteiger partial charge < -0.3 is 10.2 Å². The second kappa shape index (κ2) is 4.24. The van der Waals surface area contributed by atoms with Crippen LogP contribution in [0.4, 0.5) is 6.01 Å². The van der Waals surface area contributed by atoms with Gasteiger partial charge in [0.2, 0.25) is 5.78 Å². The predicted octanol–water partition coefficient (Wildman–Crippen LogP) is 2.95. The first-order valence-electron chi connectivity index (χ1n) is 5.91. The summed E-state index contributed by atoms with van der Waals surface area (Å²) in [6.07, 6.45) is 0. The van der Waals surface area contributed by atoms with Crippen LogP contribution in [0.5, 0.6) is 0 Å². The number of nitrogens with two attached hydrogens (primary N) is 1. The zero-order valence-electron chi connectivity index (χ0n) is 10.4. The second-order valence-corrected chi connectivity index (χ2v) is 4.36. The molecule has 0 aliphatic heterocycles. The Bertz CT molecular complexity index is 775. The van der Waals surface area contributed by atoms with Crippen LogP contribution in [0.15, 0.2) is 46.9 Å². The minimum Gasteiger partial charge on any atom is -0.420 e. The topological polar surface area (TPSA) is 69.1 Å². The van der Waals surface area contributed by atoms with Crippen LogP contribution in [0.1, 0.15) is 21.8 Å². The fourth-order valence-corrected chi connectivity index (χ4v) is 2.09. The maximum atomic E-state index is 12.3. The lowest BCUT2D eigenvalue weighted by atomic mass is 10.0. The fourth-order valence-electron chi connectivity index (χ4n) is 2.09. The average molecular weight is 252 g/mol. The van der Waals surface area contributed by atoms with Crippen molar-refractivity contribution < 1.29 is 9.21 Å². The highest BCUT2D eigenvalue weighted by atomic mass is 16.4. The number of hydrogen-bond donors (Lipinski definition) is 1. The van der Waals surface area contributed by atoms with E-state index in [1.54, 1.807) is 13.0 Å². The van der Waals surface area contributed by atoms with Gasteiger partial charge in [-0.25, -0.2) is 0 Å². The highest BCUT2D eigenvalue weighted by molar-refractivity contribution is 6.09. The molecule has 0 saturated heterocycles. The van der Waals surface area contributed by atoms with E-state index in [0.717, 1.165) is 10.8 Å². The number of oxazole rings is 1. The van der Waals surface area contributed by atoms with Gasteiger partial charge in [-0.05, 0) is 23.8 Å². The molecular weight excluding hydrogens is 240 g/mol. The molecule has 0 aliphatic rings. The number of aromatic nitrogens is 1. The van der Waals surface area contributed by atoms with E-state index >= 15 is 0 Å². The fraction of sp³-hybridized carbons (Fsp3) is 0.0667. The minimum absolute atomic E-state index is 0.0154. The lowest BCUT2D eigenvalue weighted by Crippen LogP contribution is -2.01. The zero-order valence-corrected chi connectivity index (χ0v) is 10.4. The first-order valence-corrected chi connectivity index (χ1v) is 5.91. The molecule has 2 N–H and O–H groups in total. The van der Waals surface area contributed by atoms with Crippen molar-refractivity contribution in [2.24, 2.45) is 0 Å². The number of carbonyl (C=O) groups is 1. The van der Waals surface area contributed by atoms with Crippen LogP contribution in [0.25, 0.3) is 10.8 Å². The summed E-state index contributed by atoms with van der Waals surface area (Å²) in [5.41, 5.74) is 6.53. The number of nitrogens with zero attached hydrogens (tertiary/aromatic N) is 1. The lowest BCUT2D eigenvalue weighted by Gasteiger charge is -2.01. The summed E-state index contributed by atoms with van der Waals surface area (Å²) in [5, 5.41) is 2.10. The molecule has 0 aliphatic carbocycles. The molecule has 1 heterocycles. The lowest BCUT2D eigenvalue weighted by molar-refractivity contribution is 0.101. The molecule has 0 radical (unpaired) electrons. The Balaban J connectivity index is 2.09. The van der Waals surface area contributed by atoms with Gasteiger partial charge in [0.15, 0.2) is 5.76 Å². The number of nitrogen functional groups attached to an aromatic ring is 1. The SMILES string of the molecule is Cc1nc(N)oc1C(=O)c1ccc2ccccc2c1. The zero-order chi connectivity index (χ0) is 13.4. The van der Waals surface area contributed by atoms with Gasteiger partial charge in [0.25, 0.3) is 6.01 Å². The quantitative estimate of drug-likeness (QED) is 0.712. The van der Waals surface area contributed by atoms with Gasteiger partial charge in [0.1, 0.15) is 0 Å². The first-order chi connectivity index (χ1) is 9.15. The van der Waals surface area contributed by atoms with Crippen molar-refractivity contribution in [3.63, 3.8) is 0 Å². The standard InChI is InChI=1S/C15H12N2O2/c1-9-14(19-15(16)17-9)13(18)12-7-6-10-4-2-3-5-11(10)8-12/h2-8H,1H3,(H2,16,17). The number of ketones is 1. The minimum atomic E-state index is -0.201. The highest BCUT2D eigenvalue weighted by Gasteiger charge is 2.18. The summed E-state index contributed by atoms with van der Waals surface area (Å²) >= 11 is 0. The van der Waals surface area contributed by atoms with E-state index in [1.807, 2.05) is 36.4 Å². The molecule has 0 spiro atoms. The van der Waals surface area contributed by atoms with Gasteiger partial charge in [-0.2, -0.15) is 4.98 Å². The van der Waals surface area contributed by atoms with Crippen LogP contribution in [0.2, 0.25) is 0 Å². The normalized spacial score (nSPS) is 10.8. The molecular formula is C15H12N2O2. The molecule has 0 bridgehead atoms. The summed E-state index contributed by atoms with van der Waals surface area (Å²) in [6, 6.07) is 13.4. The van der Waals surface area contributed by atoms with Crippen molar-refractivity contribution in [2.75, 3.05) is 5.73 Å². The van der Waals surface area contributed by atoms with Crippen LogP contribution in [-0.4, -0.2) is 10.8 Å². The summed E-state index contributed by atoms with van der Waals surface area (Å²) in [7, 11) is 0. The van der Waals surface area contributed by atoms with Crippen LogP contribution < -0.4 is 5.73 Å². The molecule has 94 valence electrons. The average Bonchev–Trinajstić information content (AvgIpc) is 2.76. The number of carbonyl (C=O) groups excluding carboxylic acids is 1. The number of hydrogen-bond acceptors (Lipinski definition) is 4. The summed E-state index contributed by atoms with van der Waals surface area (Å²) < 4.78 is 5.16. The van der Waals surface area contributed by atoms with E-state index in [9.17, 15) is 4.79 Å². The van der Waals surface area contributed by atoms with Crippen molar-refractivity contribution in [1.82, 2.24) is 4.98 Å². The monoisotopic (exact) mass is 252 g/mol. The molecule has 3 rings (SSSR count). The maximum Gasteiger partial charge on any atom is 0.292 e. The van der Waals surface area contributed by atoms with Gasteiger partial charge in [0, 0.05) is 5.56 Å². The molecule has 19 heavy (non-hydrogen) atoms. The Kier molecular flexibility index (Phi) is 2.56. The molecule has 2 aromatic carbocycles. The smallest absolute Gasteiger partial charge is 0.292 e. The van der Waals surface area contributed by atoms with E-state index in [-0.39, 0.29) is 17.6 Å². The van der Waals surface area contributed by atoms with Crippen molar-refractivity contribution in [1.29, 1.82) is 0 Å². The third kappa shape index (κ3) is 1.97. The molecule has 4 nitrogen and oxygen atoms in total. The van der Waals surface area contributed by atoms with Crippen molar-refractivity contribution in [3.8, 4) is 0 Å². The van der Waals surface area contributed by atoms with Gasteiger partial charge in [-0.15, -0.1) is 0 Å². The Morgan fingerprint density at radius 2 is 1.89 bits per heavy atom. The van der Waals surface area contributed by atoms with Crippen molar-refractivity contribution in [3.05, 3.63) is 59.5 Å². The number of benzene rings is 2. The molecule has 0 unspecified atom stereocenters. The van der Waals surface area contributed by atoms with Crippen LogP contribution in [0.3, 0.4) is 0 Å². The Hall–Kier alpha value is -2.62. The second-order valence-electron chi connectivity index (χ2n) is 4.36. The molecule has 0 fully saturated rings. The maximum absolute atomic E-state index is 12.3. The van der Waals surface area contributed by atoms with Crippen molar-refractivity contribution >= 4 is 22.6 Å². The number of anilines is 1.